The molecule has 0 spiro atoms. The van der Waals surface area contributed by atoms with Crippen molar-refractivity contribution in [2.75, 3.05) is 6.54 Å². The fourth-order valence-electron chi connectivity index (χ4n) is 1.96. The Morgan fingerprint density at radius 2 is 2.40 bits per heavy atom. The Morgan fingerprint density at radius 3 is 3.13 bits per heavy atom. The normalized spacial score (nSPS) is 20.7. The van der Waals surface area contributed by atoms with Crippen LogP contribution in [0, 0.1) is 0 Å². The van der Waals surface area contributed by atoms with E-state index >= 15 is 0 Å². The van der Waals surface area contributed by atoms with Crippen molar-refractivity contribution in [3.05, 3.63) is 20.3 Å². The number of rotatable bonds is 3. The number of hydrogen-bond acceptors (Lipinski definition) is 2. The molecular formula is C10H12BrF2NS. The van der Waals surface area contributed by atoms with Gasteiger partial charge in [0.05, 0.1) is 10.3 Å². The van der Waals surface area contributed by atoms with Crippen molar-refractivity contribution >= 4 is 27.3 Å². The molecule has 1 aliphatic rings. The first kappa shape index (κ1) is 11.5. The highest BCUT2D eigenvalue weighted by atomic mass is 79.9. The van der Waals surface area contributed by atoms with E-state index in [1.807, 2.05) is 0 Å². The molecule has 2 rings (SSSR count). The molecule has 0 aliphatic heterocycles. The summed E-state index contributed by atoms with van der Waals surface area (Å²) in [4.78, 5) is 1.33. The fourth-order valence-corrected chi connectivity index (χ4v) is 3.78. The average Bonchev–Trinajstić information content (AvgIpc) is 2.55. The zero-order valence-corrected chi connectivity index (χ0v) is 10.5. The van der Waals surface area contributed by atoms with Gasteiger partial charge in [0.2, 0.25) is 0 Å². The third kappa shape index (κ3) is 2.77. The number of aryl methyl sites for hydroxylation is 1. The lowest BCUT2D eigenvalue weighted by Crippen LogP contribution is -2.28. The van der Waals surface area contributed by atoms with Gasteiger partial charge in [-0.25, -0.2) is 8.78 Å². The largest absolute Gasteiger partial charge is 0.304 e. The van der Waals surface area contributed by atoms with Crippen LogP contribution in [-0.4, -0.2) is 13.0 Å². The highest BCUT2D eigenvalue weighted by Crippen LogP contribution is 2.37. The van der Waals surface area contributed by atoms with Gasteiger partial charge in [0.1, 0.15) is 0 Å². The summed E-state index contributed by atoms with van der Waals surface area (Å²) in [6, 6.07) is 2.17. The zero-order chi connectivity index (χ0) is 10.8. The Hall–Kier alpha value is -0.000000000000000111. The molecule has 0 amide bonds. The van der Waals surface area contributed by atoms with Crippen LogP contribution in [0.1, 0.15) is 29.3 Å². The van der Waals surface area contributed by atoms with Crippen LogP contribution in [0.5, 0.6) is 0 Å². The molecule has 84 valence electrons. The average molecular weight is 296 g/mol. The van der Waals surface area contributed by atoms with Gasteiger partial charge in [0, 0.05) is 10.9 Å². The van der Waals surface area contributed by atoms with Crippen molar-refractivity contribution in [1.82, 2.24) is 5.32 Å². The molecule has 0 saturated carbocycles. The second-order valence-corrected chi connectivity index (χ2v) is 6.19. The first-order valence-electron chi connectivity index (χ1n) is 4.96. The molecule has 1 nitrogen and oxygen atoms in total. The Morgan fingerprint density at radius 1 is 1.60 bits per heavy atom. The molecule has 1 aliphatic carbocycles. The summed E-state index contributed by atoms with van der Waals surface area (Å²) in [5.41, 5.74) is 1.21. The second kappa shape index (κ2) is 4.89. The van der Waals surface area contributed by atoms with Crippen LogP contribution < -0.4 is 5.32 Å². The van der Waals surface area contributed by atoms with E-state index in [-0.39, 0.29) is 12.6 Å². The minimum Gasteiger partial charge on any atom is -0.304 e. The van der Waals surface area contributed by atoms with E-state index in [2.05, 4.69) is 27.3 Å². The number of alkyl halides is 2. The molecule has 1 unspecified atom stereocenters. The van der Waals surface area contributed by atoms with E-state index in [4.69, 9.17) is 0 Å². The predicted molar refractivity (Wildman–Crippen MR) is 61.7 cm³/mol. The minimum atomic E-state index is -2.27. The Labute approximate surface area is 100 Å². The summed E-state index contributed by atoms with van der Waals surface area (Å²) in [5.74, 6) is 0. The maximum atomic E-state index is 12.1. The second-order valence-electron chi connectivity index (χ2n) is 3.67. The van der Waals surface area contributed by atoms with Crippen molar-refractivity contribution in [3.63, 3.8) is 0 Å². The summed E-state index contributed by atoms with van der Waals surface area (Å²) in [6.45, 7) is -0.211. The highest BCUT2D eigenvalue weighted by Gasteiger charge is 2.22. The lowest BCUT2D eigenvalue weighted by molar-refractivity contribution is 0.140. The van der Waals surface area contributed by atoms with E-state index in [0.29, 0.717) is 0 Å². The van der Waals surface area contributed by atoms with Crippen LogP contribution in [0.2, 0.25) is 0 Å². The SMILES string of the molecule is FC(F)CNC1CCCc2sc(Br)cc21. The van der Waals surface area contributed by atoms with Crippen molar-refractivity contribution in [3.8, 4) is 0 Å². The van der Waals surface area contributed by atoms with Gasteiger partial charge in [-0.3, -0.25) is 0 Å². The highest BCUT2D eigenvalue weighted by molar-refractivity contribution is 9.11. The van der Waals surface area contributed by atoms with Crippen LogP contribution in [0.4, 0.5) is 8.78 Å². The Kier molecular flexibility index (Phi) is 3.74. The van der Waals surface area contributed by atoms with Gasteiger partial charge >= 0.3 is 0 Å². The summed E-state index contributed by atoms with van der Waals surface area (Å²) in [6.07, 6.45) is 0.861. The molecule has 0 fully saturated rings. The van der Waals surface area contributed by atoms with Crippen molar-refractivity contribution in [1.29, 1.82) is 0 Å². The van der Waals surface area contributed by atoms with Gasteiger partial charge < -0.3 is 5.32 Å². The summed E-state index contributed by atoms with van der Waals surface area (Å²) in [7, 11) is 0. The molecule has 1 atom stereocenters. The maximum Gasteiger partial charge on any atom is 0.250 e. The number of nitrogens with one attached hydrogen (secondary N) is 1. The zero-order valence-electron chi connectivity index (χ0n) is 8.10. The van der Waals surface area contributed by atoms with Gasteiger partial charge in [-0.2, -0.15) is 0 Å². The van der Waals surface area contributed by atoms with Gasteiger partial charge in [-0.1, -0.05) is 0 Å². The van der Waals surface area contributed by atoms with Crippen LogP contribution in [0.3, 0.4) is 0 Å². The quantitative estimate of drug-likeness (QED) is 0.896. The van der Waals surface area contributed by atoms with E-state index in [1.54, 1.807) is 11.3 Å². The molecule has 0 bridgehead atoms. The molecule has 0 saturated heterocycles. The number of halogens is 3. The minimum absolute atomic E-state index is 0.116. The van der Waals surface area contributed by atoms with Gasteiger partial charge in [0.15, 0.2) is 0 Å². The number of fused-ring (bicyclic) bond motifs is 1. The van der Waals surface area contributed by atoms with E-state index in [9.17, 15) is 8.78 Å². The van der Waals surface area contributed by atoms with Crippen LogP contribution in [0.15, 0.2) is 9.85 Å². The van der Waals surface area contributed by atoms with E-state index in [0.717, 1.165) is 23.0 Å². The molecule has 5 heteroatoms. The van der Waals surface area contributed by atoms with Crippen molar-refractivity contribution in [2.24, 2.45) is 0 Å². The molecule has 0 radical (unpaired) electrons. The molecule has 15 heavy (non-hydrogen) atoms. The Bertz CT molecular complexity index is 340. The first-order valence-corrected chi connectivity index (χ1v) is 6.57. The van der Waals surface area contributed by atoms with Gasteiger partial charge in [-0.15, -0.1) is 11.3 Å². The van der Waals surface area contributed by atoms with Crippen LogP contribution >= 0.6 is 27.3 Å². The predicted octanol–water partition coefficient (Wildman–Crippen LogP) is 3.74. The Balaban J connectivity index is 2.08. The third-order valence-corrected chi connectivity index (χ3v) is 4.32. The van der Waals surface area contributed by atoms with Crippen molar-refractivity contribution in [2.45, 2.75) is 31.7 Å². The van der Waals surface area contributed by atoms with Crippen LogP contribution in [0.25, 0.3) is 0 Å². The number of thiophene rings is 1. The smallest absolute Gasteiger partial charge is 0.250 e. The van der Waals surface area contributed by atoms with Crippen LogP contribution in [-0.2, 0) is 6.42 Å². The molecule has 1 N–H and O–H groups in total. The lowest BCUT2D eigenvalue weighted by Gasteiger charge is -2.23. The van der Waals surface area contributed by atoms with Gasteiger partial charge in [-0.05, 0) is 46.8 Å². The first-order chi connectivity index (χ1) is 7.16. The molecule has 1 aromatic rings. The topological polar surface area (TPSA) is 12.0 Å². The standard InChI is InChI=1S/C10H12BrF2NS/c11-9-4-6-7(14-5-10(12)13)2-1-3-8(6)15-9/h4,7,10,14H,1-3,5H2. The fraction of sp³-hybridized carbons (Fsp3) is 0.600. The third-order valence-electron chi connectivity index (χ3n) is 2.60. The summed E-state index contributed by atoms with van der Waals surface area (Å²) < 4.78 is 25.3. The van der Waals surface area contributed by atoms with E-state index < -0.39 is 6.43 Å². The van der Waals surface area contributed by atoms with E-state index in [1.165, 1.54) is 10.4 Å². The maximum absolute atomic E-state index is 12.1. The molecular weight excluding hydrogens is 284 g/mol. The number of hydrogen-bond donors (Lipinski definition) is 1. The molecule has 0 aromatic carbocycles. The molecule has 1 aromatic heterocycles. The van der Waals surface area contributed by atoms with Crippen molar-refractivity contribution < 1.29 is 8.78 Å². The summed E-state index contributed by atoms with van der Waals surface area (Å²) in [5, 5.41) is 2.93. The summed E-state index contributed by atoms with van der Waals surface area (Å²) >= 11 is 5.16. The van der Waals surface area contributed by atoms with Gasteiger partial charge in [0.25, 0.3) is 6.43 Å². The monoisotopic (exact) mass is 295 g/mol. The molecule has 1 heterocycles. The lowest BCUT2D eigenvalue weighted by atomic mass is 9.94.